The van der Waals surface area contributed by atoms with E-state index in [1.807, 2.05) is 11.3 Å². The van der Waals surface area contributed by atoms with Crippen molar-refractivity contribution < 1.29 is 0 Å². The molecule has 1 nitrogen and oxygen atoms in total. The van der Waals surface area contributed by atoms with Gasteiger partial charge in [-0.3, -0.25) is 0 Å². The van der Waals surface area contributed by atoms with Gasteiger partial charge in [0.25, 0.3) is 0 Å². The molecule has 0 aliphatic rings. The summed E-state index contributed by atoms with van der Waals surface area (Å²) in [7, 11) is 2.08. The molecule has 0 aliphatic carbocycles. The van der Waals surface area contributed by atoms with Gasteiger partial charge in [-0.2, -0.15) is 0 Å². The highest BCUT2D eigenvalue weighted by Gasteiger charge is 2.19. The minimum absolute atomic E-state index is 0.432. The molecule has 1 heterocycles. The second kappa shape index (κ2) is 7.06. The normalized spacial score (nSPS) is 15.7. The molecule has 2 atom stereocenters. The van der Waals surface area contributed by atoms with Gasteiger partial charge in [-0.1, -0.05) is 27.7 Å². The third-order valence-corrected chi connectivity index (χ3v) is 5.13. The maximum Gasteiger partial charge on any atom is 0.0314 e. The predicted octanol–water partition coefficient (Wildman–Crippen LogP) is 5.10. The van der Waals surface area contributed by atoms with Crippen LogP contribution < -0.4 is 5.32 Å². The number of hydrogen-bond acceptors (Lipinski definition) is 2. The first kappa shape index (κ1) is 16.2. The van der Waals surface area contributed by atoms with Crippen molar-refractivity contribution in [1.29, 1.82) is 0 Å². The Morgan fingerprint density at radius 1 is 1.39 bits per heavy atom. The zero-order chi connectivity index (χ0) is 13.8. The van der Waals surface area contributed by atoms with Crippen molar-refractivity contribution in [3.05, 3.63) is 20.8 Å². The van der Waals surface area contributed by atoms with Gasteiger partial charge in [-0.25, -0.2) is 0 Å². The largest absolute Gasteiger partial charge is 0.317 e. The fourth-order valence-electron chi connectivity index (χ4n) is 2.61. The van der Waals surface area contributed by atoms with E-state index in [9.17, 15) is 0 Å². The van der Waals surface area contributed by atoms with Gasteiger partial charge in [-0.15, -0.1) is 11.3 Å². The maximum atomic E-state index is 3.62. The standard InChI is InChI=1S/C15H26BrNS/c1-11(10-15(2,3)4)8-12(17-5)9-14-13(16)6-7-18-14/h6-7,11-12,17H,8-10H2,1-5H3. The molecular weight excluding hydrogens is 306 g/mol. The Bertz CT molecular complexity index is 354. The highest BCUT2D eigenvalue weighted by atomic mass is 79.9. The fourth-order valence-corrected chi connectivity index (χ4v) is 4.21. The van der Waals surface area contributed by atoms with Gasteiger partial charge in [0.1, 0.15) is 0 Å². The van der Waals surface area contributed by atoms with Crippen LogP contribution in [-0.4, -0.2) is 13.1 Å². The van der Waals surface area contributed by atoms with Crippen LogP contribution in [0.5, 0.6) is 0 Å². The summed E-state index contributed by atoms with van der Waals surface area (Å²) in [4.78, 5) is 1.46. The van der Waals surface area contributed by atoms with Gasteiger partial charge < -0.3 is 5.32 Å². The number of thiophene rings is 1. The average molecular weight is 332 g/mol. The molecule has 0 amide bonds. The van der Waals surface area contributed by atoms with Crippen LogP contribution in [0.1, 0.15) is 45.4 Å². The van der Waals surface area contributed by atoms with Crippen molar-refractivity contribution in [2.24, 2.45) is 11.3 Å². The summed E-state index contributed by atoms with van der Waals surface area (Å²) in [6.45, 7) is 9.36. The lowest BCUT2D eigenvalue weighted by Crippen LogP contribution is -2.30. The zero-order valence-corrected chi connectivity index (χ0v) is 14.6. The van der Waals surface area contributed by atoms with E-state index in [1.54, 1.807) is 0 Å². The van der Waals surface area contributed by atoms with E-state index < -0.39 is 0 Å². The average Bonchev–Trinajstić information content (AvgIpc) is 2.60. The van der Waals surface area contributed by atoms with E-state index in [0.717, 1.165) is 12.3 Å². The van der Waals surface area contributed by atoms with Crippen LogP contribution in [0.25, 0.3) is 0 Å². The number of nitrogens with one attached hydrogen (secondary N) is 1. The van der Waals surface area contributed by atoms with Gasteiger partial charge in [0.2, 0.25) is 0 Å². The summed E-state index contributed by atoms with van der Waals surface area (Å²) < 4.78 is 1.26. The molecule has 0 aliphatic heterocycles. The van der Waals surface area contributed by atoms with Crippen molar-refractivity contribution in [1.82, 2.24) is 5.32 Å². The van der Waals surface area contributed by atoms with Crippen LogP contribution in [0.4, 0.5) is 0 Å². The highest BCUT2D eigenvalue weighted by Crippen LogP contribution is 2.29. The van der Waals surface area contributed by atoms with E-state index in [-0.39, 0.29) is 0 Å². The van der Waals surface area contributed by atoms with Crippen LogP contribution in [0, 0.1) is 11.3 Å². The number of hydrogen-bond donors (Lipinski definition) is 1. The molecule has 0 saturated heterocycles. The molecule has 1 rings (SSSR count). The zero-order valence-electron chi connectivity index (χ0n) is 12.2. The first-order valence-corrected chi connectivity index (χ1v) is 8.38. The van der Waals surface area contributed by atoms with Crippen LogP contribution in [0.15, 0.2) is 15.9 Å². The van der Waals surface area contributed by atoms with Crippen molar-refractivity contribution in [2.45, 2.75) is 53.0 Å². The van der Waals surface area contributed by atoms with E-state index in [1.165, 1.54) is 22.2 Å². The molecule has 1 aromatic heterocycles. The molecule has 104 valence electrons. The molecule has 2 unspecified atom stereocenters. The lowest BCUT2D eigenvalue weighted by molar-refractivity contribution is 0.277. The first-order valence-electron chi connectivity index (χ1n) is 6.71. The van der Waals surface area contributed by atoms with Crippen LogP contribution in [0.3, 0.4) is 0 Å². The quantitative estimate of drug-likeness (QED) is 0.764. The molecule has 0 bridgehead atoms. The number of likely N-dealkylation sites (N-methyl/N-ethyl adjacent to an activating group) is 1. The third kappa shape index (κ3) is 5.85. The Morgan fingerprint density at radius 3 is 2.50 bits per heavy atom. The minimum atomic E-state index is 0.432. The second-order valence-corrected chi connectivity index (χ2v) is 8.34. The third-order valence-electron chi connectivity index (χ3n) is 3.18. The minimum Gasteiger partial charge on any atom is -0.317 e. The number of rotatable bonds is 6. The molecule has 1 N–H and O–H groups in total. The van der Waals surface area contributed by atoms with Gasteiger partial charge in [0.05, 0.1) is 0 Å². The van der Waals surface area contributed by atoms with Gasteiger partial charge in [-0.05, 0) is 65.0 Å². The fraction of sp³-hybridized carbons (Fsp3) is 0.733. The van der Waals surface area contributed by atoms with Gasteiger partial charge >= 0.3 is 0 Å². The summed E-state index contributed by atoms with van der Waals surface area (Å²) in [6, 6.07) is 2.72. The predicted molar refractivity (Wildman–Crippen MR) is 86.4 cm³/mol. The second-order valence-electron chi connectivity index (χ2n) is 6.49. The van der Waals surface area contributed by atoms with E-state index >= 15 is 0 Å². The molecule has 0 spiro atoms. The molecule has 18 heavy (non-hydrogen) atoms. The Morgan fingerprint density at radius 2 is 2.06 bits per heavy atom. The summed E-state index contributed by atoms with van der Waals surface area (Å²) in [6.07, 6.45) is 3.66. The molecule has 0 fully saturated rings. The Hall–Kier alpha value is 0.140. The van der Waals surface area contributed by atoms with Gasteiger partial charge in [0.15, 0.2) is 0 Å². The summed E-state index contributed by atoms with van der Waals surface area (Å²) in [5.41, 5.74) is 0.432. The summed E-state index contributed by atoms with van der Waals surface area (Å²) >= 11 is 5.47. The van der Waals surface area contributed by atoms with E-state index in [4.69, 9.17) is 0 Å². The van der Waals surface area contributed by atoms with Crippen molar-refractivity contribution >= 4 is 27.3 Å². The molecule has 0 radical (unpaired) electrons. The molecular formula is C15H26BrNS. The molecule has 1 aromatic rings. The highest BCUT2D eigenvalue weighted by molar-refractivity contribution is 9.10. The maximum absolute atomic E-state index is 3.62. The Labute approximate surface area is 125 Å². The smallest absolute Gasteiger partial charge is 0.0314 e. The van der Waals surface area contributed by atoms with Gasteiger partial charge in [0, 0.05) is 15.4 Å². The monoisotopic (exact) mass is 331 g/mol. The van der Waals surface area contributed by atoms with Crippen LogP contribution in [-0.2, 0) is 6.42 Å². The van der Waals surface area contributed by atoms with Crippen molar-refractivity contribution in [3.8, 4) is 0 Å². The van der Waals surface area contributed by atoms with Crippen LogP contribution in [0.2, 0.25) is 0 Å². The molecule has 0 saturated carbocycles. The lowest BCUT2D eigenvalue weighted by atomic mass is 9.82. The Kier molecular flexibility index (Phi) is 6.36. The first-order chi connectivity index (χ1) is 8.31. The van der Waals surface area contributed by atoms with Crippen molar-refractivity contribution in [3.63, 3.8) is 0 Å². The summed E-state index contributed by atoms with van der Waals surface area (Å²) in [5.74, 6) is 0.765. The van der Waals surface area contributed by atoms with E-state index in [0.29, 0.717) is 11.5 Å². The van der Waals surface area contributed by atoms with Crippen molar-refractivity contribution in [2.75, 3.05) is 7.05 Å². The number of halogens is 1. The molecule has 0 aromatic carbocycles. The Balaban J connectivity index is 2.50. The topological polar surface area (TPSA) is 12.0 Å². The lowest BCUT2D eigenvalue weighted by Gasteiger charge is -2.26. The summed E-state index contributed by atoms with van der Waals surface area (Å²) in [5, 5.41) is 5.63. The molecule has 3 heteroatoms. The SMILES string of the molecule is CNC(Cc1sccc1Br)CC(C)CC(C)(C)C. The van der Waals surface area contributed by atoms with Crippen LogP contribution >= 0.6 is 27.3 Å². The van der Waals surface area contributed by atoms with E-state index in [2.05, 4.69) is 67.4 Å².